The number of carbonyl (C=O) groups excluding carboxylic acids is 2. The molecule has 2 bridgehead atoms. The van der Waals surface area contributed by atoms with E-state index in [1.165, 1.54) is 0 Å². The van der Waals surface area contributed by atoms with E-state index in [1.807, 2.05) is 25.1 Å². The van der Waals surface area contributed by atoms with Crippen LogP contribution in [0.2, 0.25) is 0 Å². The molecule has 174 valence electrons. The van der Waals surface area contributed by atoms with Crippen LogP contribution in [0.4, 0.5) is 5.69 Å². The van der Waals surface area contributed by atoms with Crippen LogP contribution in [-0.4, -0.2) is 55.4 Å². The Morgan fingerprint density at radius 2 is 1.91 bits per heavy atom. The fourth-order valence-electron chi connectivity index (χ4n) is 4.49. The summed E-state index contributed by atoms with van der Waals surface area (Å²) in [6.45, 7) is 3.93. The van der Waals surface area contributed by atoms with E-state index in [1.54, 1.807) is 62.2 Å². The van der Waals surface area contributed by atoms with E-state index in [4.69, 9.17) is 26.4 Å². The molecule has 0 radical (unpaired) electrons. The summed E-state index contributed by atoms with van der Waals surface area (Å²) in [6, 6.07) is 12.0. The molecule has 1 fully saturated rings. The standard InChI is InChI=1S/C24H27N3O5S/c1-6-31-22(29)14-7-9-15(10-8-14)27-23(33)25-20-17-13-16(30-5)11-12-18(17)32-24(27,2)19(20)21(28)26(3)4/h7-13,19-20H,6H2,1-5H3,(H,25,33). The van der Waals surface area contributed by atoms with Crippen LogP contribution < -0.4 is 19.7 Å². The van der Waals surface area contributed by atoms with E-state index in [0.29, 0.717) is 34.5 Å². The lowest BCUT2D eigenvalue weighted by Crippen LogP contribution is -2.72. The van der Waals surface area contributed by atoms with Gasteiger partial charge in [-0.1, -0.05) is 0 Å². The summed E-state index contributed by atoms with van der Waals surface area (Å²) in [6.07, 6.45) is 0. The second-order valence-electron chi connectivity index (χ2n) is 8.30. The number of carbonyl (C=O) groups is 2. The van der Waals surface area contributed by atoms with Crippen molar-refractivity contribution in [3.63, 3.8) is 0 Å². The van der Waals surface area contributed by atoms with Crippen LogP contribution in [0.15, 0.2) is 42.5 Å². The van der Waals surface area contributed by atoms with E-state index in [-0.39, 0.29) is 5.91 Å². The molecule has 2 aliphatic heterocycles. The predicted molar refractivity (Wildman–Crippen MR) is 128 cm³/mol. The Bertz CT molecular complexity index is 1100. The number of anilines is 1. The van der Waals surface area contributed by atoms with Crippen molar-refractivity contribution in [1.29, 1.82) is 0 Å². The first-order valence-electron chi connectivity index (χ1n) is 10.7. The maximum atomic E-state index is 13.4. The highest BCUT2D eigenvalue weighted by atomic mass is 32.1. The predicted octanol–water partition coefficient (Wildman–Crippen LogP) is 3.12. The van der Waals surface area contributed by atoms with Crippen molar-refractivity contribution >= 4 is 34.9 Å². The van der Waals surface area contributed by atoms with Gasteiger partial charge in [-0.25, -0.2) is 4.79 Å². The number of nitrogens with one attached hydrogen (secondary N) is 1. The van der Waals surface area contributed by atoms with Crippen molar-refractivity contribution in [1.82, 2.24) is 10.2 Å². The average molecular weight is 470 g/mol. The smallest absolute Gasteiger partial charge is 0.338 e. The van der Waals surface area contributed by atoms with Crippen molar-refractivity contribution in [3.8, 4) is 11.5 Å². The number of fused-ring (bicyclic) bond motifs is 4. The van der Waals surface area contributed by atoms with Gasteiger partial charge in [-0.3, -0.25) is 9.69 Å². The molecular formula is C24H27N3O5S. The lowest BCUT2D eigenvalue weighted by atomic mass is 9.78. The van der Waals surface area contributed by atoms with Gasteiger partial charge in [0.2, 0.25) is 5.91 Å². The molecule has 4 rings (SSSR count). The molecule has 2 aromatic carbocycles. The second kappa shape index (κ2) is 8.55. The Balaban J connectivity index is 1.81. The van der Waals surface area contributed by atoms with Crippen molar-refractivity contribution in [3.05, 3.63) is 53.6 Å². The first-order chi connectivity index (χ1) is 15.7. The zero-order chi connectivity index (χ0) is 23.9. The Morgan fingerprint density at radius 1 is 1.21 bits per heavy atom. The first-order valence-corrected chi connectivity index (χ1v) is 11.1. The molecule has 8 nitrogen and oxygen atoms in total. The van der Waals surface area contributed by atoms with Gasteiger partial charge >= 0.3 is 5.97 Å². The number of hydrogen-bond donors (Lipinski definition) is 1. The number of thiocarbonyl (C=S) groups is 1. The van der Waals surface area contributed by atoms with E-state index in [0.717, 1.165) is 5.56 Å². The van der Waals surface area contributed by atoms with Gasteiger partial charge < -0.3 is 24.4 Å². The highest BCUT2D eigenvalue weighted by Crippen LogP contribution is 2.50. The van der Waals surface area contributed by atoms with E-state index in [9.17, 15) is 9.59 Å². The molecule has 0 aliphatic carbocycles. The average Bonchev–Trinajstić information content (AvgIpc) is 2.78. The zero-order valence-corrected chi connectivity index (χ0v) is 20.1. The normalized spacial score (nSPS) is 23.1. The number of methoxy groups -OCH3 is 1. The van der Waals surface area contributed by atoms with Gasteiger partial charge in [-0.15, -0.1) is 0 Å². The van der Waals surface area contributed by atoms with Gasteiger partial charge in [-0.05, 0) is 68.5 Å². The molecule has 2 heterocycles. The van der Waals surface area contributed by atoms with Gasteiger partial charge in [0.1, 0.15) is 17.4 Å². The monoisotopic (exact) mass is 469 g/mol. The fourth-order valence-corrected chi connectivity index (χ4v) is 4.91. The minimum atomic E-state index is -1.11. The Hall–Kier alpha value is -3.33. The summed E-state index contributed by atoms with van der Waals surface area (Å²) < 4.78 is 17.0. The molecule has 0 saturated carbocycles. The quantitative estimate of drug-likeness (QED) is 0.529. The molecular weight excluding hydrogens is 442 g/mol. The third kappa shape index (κ3) is 3.76. The molecule has 3 atom stereocenters. The van der Waals surface area contributed by atoms with Crippen LogP contribution in [-0.2, 0) is 9.53 Å². The van der Waals surface area contributed by atoms with E-state index >= 15 is 0 Å². The SMILES string of the molecule is CCOC(=O)c1ccc(N2C(=S)NC3c4cc(OC)ccc4OC2(C)C3C(=O)N(C)C)cc1. The highest BCUT2D eigenvalue weighted by molar-refractivity contribution is 7.80. The van der Waals surface area contributed by atoms with Gasteiger partial charge in [0, 0.05) is 25.3 Å². The topological polar surface area (TPSA) is 80.3 Å². The zero-order valence-electron chi connectivity index (χ0n) is 19.2. The Labute approximate surface area is 198 Å². The number of amides is 1. The minimum absolute atomic E-state index is 0.0980. The molecule has 0 aromatic heterocycles. The summed E-state index contributed by atoms with van der Waals surface area (Å²) in [7, 11) is 5.04. The molecule has 0 spiro atoms. The van der Waals surface area contributed by atoms with Crippen molar-refractivity contribution in [2.24, 2.45) is 5.92 Å². The number of nitrogens with zero attached hydrogens (tertiary/aromatic N) is 2. The molecule has 2 aliphatic rings. The van der Waals surface area contributed by atoms with Gasteiger partial charge in [-0.2, -0.15) is 0 Å². The van der Waals surface area contributed by atoms with Crippen LogP contribution in [0.5, 0.6) is 11.5 Å². The summed E-state index contributed by atoms with van der Waals surface area (Å²) >= 11 is 5.74. The van der Waals surface area contributed by atoms with Crippen LogP contribution in [0.1, 0.15) is 35.8 Å². The molecule has 1 saturated heterocycles. The van der Waals surface area contributed by atoms with Crippen molar-refractivity contribution < 1.29 is 23.8 Å². The van der Waals surface area contributed by atoms with Crippen LogP contribution in [0, 0.1) is 5.92 Å². The summed E-state index contributed by atoms with van der Waals surface area (Å²) in [5.41, 5.74) is 0.825. The Morgan fingerprint density at radius 3 is 2.52 bits per heavy atom. The number of benzene rings is 2. The van der Waals surface area contributed by atoms with Crippen molar-refractivity contribution in [2.75, 3.05) is 32.7 Å². The maximum absolute atomic E-state index is 13.4. The first kappa shape index (κ1) is 22.8. The molecule has 3 unspecified atom stereocenters. The third-order valence-corrected chi connectivity index (χ3v) is 6.35. The van der Waals surface area contributed by atoms with E-state index in [2.05, 4.69) is 5.32 Å². The summed E-state index contributed by atoms with van der Waals surface area (Å²) in [5.74, 6) is 0.214. The van der Waals surface area contributed by atoms with Crippen molar-refractivity contribution in [2.45, 2.75) is 25.6 Å². The van der Waals surface area contributed by atoms with Gasteiger partial charge in [0.15, 0.2) is 10.8 Å². The third-order valence-electron chi connectivity index (χ3n) is 6.05. The number of ether oxygens (including phenoxy) is 3. The van der Waals surface area contributed by atoms with Crippen LogP contribution >= 0.6 is 12.2 Å². The largest absolute Gasteiger partial charge is 0.497 e. The molecule has 9 heteroatoms. The van der Waals surface area contributed by atoms with Gasteiger partial charge in [0.25, 0.3) is 0 Å². The summed E-state index contributed by atoms with van der Waals surface area (Å²) in [4.78, 5) is 28.9. The Kier molecular flexibility index (Phi) is 5.92. The van der Waals surface area contributed by atoms with Crippen LogP contribution in [0.3, 0.4) is 0 Å². The molecule has 33 heavy (non-hydrogen) atoms. The number of esters is 1. The molecule has 2 aromatic rings. The lowest BCUT2D eigenvalue weighted by molar-refractivity contribution is -0.144. The number of hydrogen-bond acceptors (Lipinski definition) is 6. The molecule has 1 N–H and O–H groups in total. The van der Waals surface area contributed by atoms with Gasteiger partial charge in [0.05, 0.1) is 25.3 Å². The lowest BCUT2D eigenvalue weighted by Gasteiger charge is -2.56. The number of rotatable bonds is 5. The molecule has 1 amide bonds. The van der Waals surface area contributed by atoms with E-state index < -0.39 is 23.7 Å². The second-order valence-corrected chi connectivity index (χ2v) is 8.69. The highest BCUT2D eigenvalue weighted by Gasteiger charge is 2.59. The van der Waals surface area contributed by atoms with Crippen LogP contribution in [0.25, 0.3) is 0 Å². The summed E-state index contributed by atoms with van der Waals surface area (Å²) in [5, 5.41) is 3.77. The minimum Gasteiger partial charge on any atom is -0.497 e. The maximum Gasteiger partial charge on any atom is 0.338 e. The fraction of sp³-hybridized carbons (Fsp3) is 0.375.